The Morgan fingerprint density at radius 3 is 2.47 bits per heavy atom. The van der Waals surface area contributed by atoms with E-state index in [4.69, 9.17) is 11.6 Å². The molecule has 0 fully saturated rings. The maximum absolute atomic E-state index is 12.3. The SMILES string of the molecule is O=CCc1ccc(C(F)(F)F)c(Cl)c1O. The van der Waals surface area contributed by atoms with Crippen molar-refractivity contribution in [1.82, 2.24) is 0 Å². The number of phenolic OH excluding ortho intramolecular Hbond substituents is 1. The van der Waals surface area contributed by atoms with E-state index >= 15 is 0 Å². The topological polar surface area (TPSA) is 37.3 Å². The molecule has 0 saturated heterocycles. The van der Waals surface area contributed by atoms with Gasteiger partial charge < -0.3 is 9.90 Å². The summed E-state index contributed by atoms with van der Waals surface area (Å²) in [5, 5.41) is 8.51. The number of carbonyl (C=O) groups excluding carboxylic acids is 1. The van der Waals surface area contributed by atoms with Gasteiger partial charge in [-0.2, -0.15) is 13.2 Å². The lowest BCUT2D eigenvalue weighted by Crippen LogP contribution is -2.06. The van der Waals surface area contributed by atoms with Crippen LogP contribution in [0.5, 0.6) is 5.75 Å². The first-order valence-corrected chi connectivity index (χ1v) is 4.27. The summed E-state index contributed by atoms with van der Waals surface area (Å²) in [7, 11) is 0. The molecular formula is C9H6ClF3O2. The fourth-order valence-electron chi connectivity index (χ4n) is 1.08. The van der Waals surface area contributed by atoms with Crippen LogP contribution in [0.1, 0.15) is 11.1 Å². The third-order valence-corrected chi connectivity index (χ3v) is 2.19. The molecule has 1 rings (SSSR count). The van der Waals surface area contributed by atoms with Crippen molar-refractivity contribution < 1.29 is 23.1 Å². The van der Waals surface area contributed by atoms with Gasteiger partial charge in [0.2, 0.25) is 0 Å². The minimum atomic E-state index is -4.62. The van der Waals surface area contributed by atoms with E-state index in [2.05, 4.69) is 0 Å². The fourth-order valence-corrected chi connectivity index (χ4v) is 1.37. The van der Waals surface area contributed by atoms with E-state index in [1.54, 1.807) is 0 Å². The highest BCUT2D eigenvalue weighted by Crippen LogP contribution is 2.40. The predicted octanol–water partition coefficient (Wildman–Crippen LogP) is 2.81. The lowest BCUT2D eigenvalue weighted by molar-refractivity contribution is -0.137. The first-order chi connectivity index (χ1) is 6.88. The number of alkyl halides is 3. The Morgan fingerprint density at radius 2 is 2.00 bits per heavy atom. The Balaban J connectivity index is 3.27. The molecule has 1 N–H and O–H groups in total. The fraction of sp³-hybridized carbons (Fsp3) is 0.222. The number of hydrogen-bond donors (Lipinski definition) is 1. The first kappa shape index (κ1) is 11.8. The Bertz CT molecular complexity index is 388. The van der Waals surface area contributed by atoms with Crippen molar-refractivity contribution in [2.75, 3.05) is 0 Å². The summed E-state index contributed by atoms with van der Waals surface area (Å²) in [5.74, 6) is -0.696. The molecule has 15 heavy (non-hydrogen) atoms. The van der Waals surface area contributed by atoms with E-state index in [1.807, 2.05) is 0 Å². The zero-order chi connectivity index (χ0) is 11.6. The minimum Gasteiger partial charge on any atom is -0.506 e. The second kappa shape index (κ2) is 4.10. The molecular weight excluding hydrogens is 233 g/mol. The Morgan fingerprint density at radius 1 is 1.40 bits per heavy atom. The van der Waals surface area contributed by atoms with Crippen molar-refractivity contribution in [3.63, 3.8) is 0 Å². The average Bonchev–Trinajstić information content (AvgIpc) is 2.11. The minimum absolute atomic E-state index is 0.0722. The van der Waals surface area contributed by atoms with Gasteiger partial charge in [0.1, 0.15) is 12.0 Å². The molecule has 0 amide bonds. The maximum Gasteiger partial charge on any atom is 0.417 e. The van der Waals surface area contributed by atoms with E-state index in [-0.39, 0.29) is 12.0 Å². The summed E-state index contributed by atoms with van der Waals surface area (Å²) in [6, 6.07) is 1.76. The number of phenols is 1. The molecule has 82 valence electrons. The Kier molecular flexibility index (Phi) is 3.24. The monoisotopic (exact) mass is 238 g/mol. The summed E-state index contributed by atoms with van der Waals surface area (Å²) >= 11 is 5.33. The number of hydrogen-bond acceptors (Lipinski definition) is 2. The quantitative estimate of drug-likeness (QED) is 0.805. The zero-order valence-electron chi connectivity index (χ0n) is 7.31. The van der Waals surface area contributed by atoms with E-state index in [1.165, 1.54) is 0 Å². The molecule has 2 nitrogen and oxygen atoms in total. The van der Waals surface area contributed by atoms with E-state index in [0.29, 0.717) is 6.29 Å². The van der Waals surface area contributed by atoms with E-state index in [0.717, 1.165) is 12.1 Å². The van der Waals surface area contributed by atoms with Crippen molar-refractivity contribution in [2.45, 2.75) is 12.6 Å². The number of aldehydes is 1. The standard InChI is InChI=1S/C9H6ClF3O2/c10-7-6(9(11,12)13)2-1-5(3-4-14)8(7)15/h1-2,4,15H,3H2. The molecule has 0 aromatic heterocycles. The third kappa shape index (κ3) is 2.41. The normalized spacial score (nSPS) is 11.5. The highest BCUT2D eigenvalue weighted by molar-refractivity contribution is 6.33. The molecule has 0 aliphatic heterocycles. The number of aromatic hydroxyl groups is 1. The molecule has 0 aliphatic carbocycles. The van der Waals surface area contributed by atoms with Gasteiger partial charge in [-0.05, 0) is 6.07 Å². The largest absolute Gasteiger partial charge is 0.506 e. The smallest absolute Gasteiger partial charge is 0.417 e. The van der Waals surface area contributed by atoms with Crippen LogP contribution >= 0.6 is 11.6 Å². The molecule has 0 heterocycles. The lowest BCUT2D eigenvalue weighted by Gasteiger charge is -2.11. The maximum atomic E-state index is 12.3. The van der Waals surface area contributed by atoms with Crippen molar-refractivity contribution in [3.8, 4) is 5.75 Å². The molecule has 1 aromatic carbocycles. The first-order valence-electron chi connectivity index (χ1n) is 3.89. The summed E-state index contributed by atoms with van der Waals surface area (Å²) < 4.78 is 36.8. The third-order valence-electron chi connectivity index (χ3n) is 1.81. The zero-order valence-corrected chi connectivity index (χ0v) is 8.06. The summed E-state index contributed by atoms with van der Waals surface area (Å²) in [6.45, 7) is 0. The predicted molar refractivity (Wildman–Crippen MR) is 47.9 cm³/mol. The Hall–Kier alpha value is -1.23. The van der Waals surface area contributed by atoms with Gasteiger partial charge in [-0.3, -0.25) is 0 Å². The van der Waals surface area contributed by atoms with Crippen molar-refractivity contribution in [1.29, 1.82) is 0 Å². The van der Waals surface area contributed by atoms with Crippen LogP contribution in [0.2, 0.25) is 5.02 Å². The van der Waals surface area contributed by atoms with Gasteiger partial charge in [0.15, 0.2) is 0 Å². The number of carbonyl (C=O) groups is 1. The second-order valence-electron chi connectivity index (χ2n) is 2.80. The lowest BCUT2D eigenvalue weighted by atomic mass is 10.1. The second-order valence-corrected chi connectivity index (χ2v) is 3.18. The summed E-state index contributed by atoms with van der Waals surface area (Å²) in [5.41, 5.74) is -1.04. The number of rotatable bonds is 2. The molecule has 6 heteroatoms. The van der Waals surface area contributed by atoms with Crippen LogP contribution < -0.4 is 0 Å². The highest BCUT2D eigenvalue weighted by atomic mass is 35.5. The van der Waals surface area contributed by atoms with Crippen LogP contribution in [0.3, 0.4) is 0 Å². The average molecular weight is 239 g/mol. The van der Waals surface area contributed by atoms with Crippen LogP contribution in [-0.2, 0) is 17.4 Å². The van der Waals surface area contributed by atoms with Crippen LogP contribution in [0.4, 0.5) is 13.2 Å². The molecule has 0 atom stereocenters. The van der Waals surface area contributed by atoms with Crippen molar-refractivity contribution in [2.24, 2.45) is 0 Å². The van der Waals surface area contributed by atoms with Gasteiger partial charge in [-0.1, -0.05) is 17.7 Å². The molecule has 0 unspecified atom stereocenters. The van der Waals surface area contributed by atoms with Gasteiger partial charge in [-0.25, -0.2) is 0 Å². The van der Waals surface area contributed by atoms with Crippen molar-refractivity contribution in [3.05, 3.63) is 28.3 Å². The van der Waals surface area contributed by atoms with Crippen LogP contribution in [-0.4, -0.2) is 11.4 Å². The molecule has 1 aromatic rings. The molecule has 0 bridgehead atoms. The molecule has 0 saturated carbocycles. The molecule has 0 radical (unpaired) electrons. The number of halogens is 4. The Labute approximate surface area is 88.3 Å². The van der Waals surface area contributed by atoms with Crippen LogP contribution in [0.25, 0.3) is 0 Å². The van der Waals surface area contributed by atoms with Gasteiger partial charge in [-0.15, -0.1) is 0 Å². The summed E-state index contributed by atoms with van der Waals surface area (Å²) in [4.78, 5) is 10.1. The van der Waals surface area contributed by atoms with Gasteiger partial charge in [0, 0.05) is 12.0 Å². The van der Waals surface area contributed by atoms with Crippen LogP contribution in [0, 0.1) is 0 Å². The van der Waals surface area contributed by atoms with E-state index < -0.39 is 22.5 Å². The van der Waals surface area contributed by atoms with Gasteiger partial charge >= 0.3 is 6.18 Å². The van der Waals surface area contributed by atoms with E-state index in [9.17, 15) is 23.1 Å². The number of benzene rings is 1. The summed E-state index contributed by atoms with van der Waals surface area (Å²) in [6.07, 6.45) is -4.32. The molecule has 0 aliphatic rings. The van der Waals surface area contributed by atoms with Gasteiger partial charge in [0.25, 0.3) is 0 Å². The van der Waals surface area contributed by atoms with Gasteiger partial charge in [0.05, 0.1) is 10.6 Å². The molecule has 0 spiro atoms. The van der Waals surface area contributed by atoms with Crippen molar-refractivity contribution >= 4 is 17.9 Å². The van der Waals surface area contributed by atoms with Crippen LogP contribution in [0.15, 0.2) is 12.1 Å². The highest BCUT2D eigenvalue weighted by Gasteiger charge is 2.34.